The third-order valence-electron chi connectivity index (χ3n) is 2.27. The lowest BCUT2D eigenvalue weighted by molar-refractivity contribution is 0.0953. The number of amides is 1. The molecule has 0 aliphatic heterocycles. The normalized spacial score (nSPS) is 10.4. The molecule has 0 aliphatic carbocycles. The molecular weight excluding hydrogens is 302 g/mol. The number of carbonyl (C=O) groups is 1. The fourth-order valence-electron chi connectivity index (χ4n) is 1.41. The molecule has 0 aliphatic rings. The van der Waals surface area contributed by atoms with Crippen molar-refractivity contribution in [3.05, 3.63) is 39.5 Å². The lowest BCUT2D eigenvalue weighted by Crippen LogP contribution is -2.24. The minimum absolute atomic E-state index is 0.0161. The Kier molecular flexibility index (Phi) is 4.33. The Labute approximate surface area is 112 Å². The molecule has 0 unspecified atom stereocenters. The van der Waals surface area contributed by atoms with E-state index < -0.39 is 0 Å². The first kappa shape index (κ1) is 12.3. The summed E-state index contributed by atoms with van der Waals surface area (Å²) in [7, 11) is 0. The number of nitrogens with one attached hydrogen (secondary N) is 1. The van der Waals surface area contributed by atoms with E-state index in [-0.39, 0.29) is 5.91 Å². The van der Waals surface area contributed by atoms with Gasteiger partial charge in [-0.2, -0.15) is 0 Å². The van der Waals surface area contributed by atoms with Gasteiger partial charge in [0.15, 0.2) is 0 Å². The number of aryl methyl sites for hydroxylation is 1. The minimum Gasteiger partial charge on any atom is -0.352 e. The monoisotopic (exact) mass is 313 g/mol. The molecule has 0 spiro atoms. The Morgan fingerprint density at radius 1 is 1.59 bits per heavy atom. The molecule has 4 nitrogen and oxygen atoms in total. The van der Waals surface area contributed by atoms with E-state index >= 15 is 0 Å². The number of carbonyl (C=O) groups excluding carboxylic acids is 1. The molecule has 0 radical (unpaired) electrons. The van der Waals surface area contributed by atoms with E-state index in [0.717, 1.165) is 16.8 Å². The van der Waals surface area contributed by atoms with Crippen LogP contribution in [0.5, 0.6) is 0 Å². The third kappa shape index (κ3) is 3.67. The highest BCUT2D eigenvalue weighted by atomic mass is 79.9. The van der Waals surface area contributed by atoms with Gasteiger partial charge in [-0.15, -0.1) is 11.3 Å². The zero-order valence-corrected chi connectivity index (χ0v) is 11.5. The number of nitrogens with zero attached hydrogens (tertiary/aromatic N) is 2. The Morgan fingerprint density at radius 2 is 2.47 bits per heavy atom. The summed E-state index contributed by atoms with van der Waals surface area (Å²) in [6.07, 6.45) is 6.34. The van der Waals surface area contributed by atoms with E-state index in [9.17, 15) is 4.79 Å². The Balaban J connectivity index is 1.70. The number of imidazole rings is 1. The Morgan fingerprint density at radius 3 is 3.12 bits per heavy atom. The molecule has 17 heavy (non-hydrogen) atoms. The predicted molar refractivity (Wildman–Crippen MR) is 71.2 cm³/mol. The van der Waals surface area contributed by atoms with Crippen molar-refractivity contribution in [3.63, 3.8) is 0 Å². The van der Waals surface area contributed by atoms with Gasteiger partial charge in [-0.25, -0.2) is 4.98 Å². The van der Waals surface area contributed by atoms with Crippen LogP contribution in [-0.4, -0.2) is 22.0 Å². The van der Waals surface area contributed by atoms with Crippen LogP contribution in [0.1, 0.15) is 16.8 Å². The SMILES string of the molecule is O=C(NCCCn1ccnc1)c1csc(Br)c1. The molecular formula is C11H12BrN3OS. The number of thiophene rings is 1. The van der Waals surface area contributed by atoms with Gasteiger partial charge in [0.2, 0.25) is 0 Å². The molecule has 0 aromatic carbocycles. The maximum atomic E-state index is 11.7. The van der Waals surface area contributed by atoms with Crippen molar-refractivity contribution < 1.29 is 4.79 Å². The van der Waals surface area contributed by atoms with Gasteiger partial charge in [0.25, 0.3) is 5.91 Å². The molecule has 0 fully saturated rings. The van der Waals surface area contributed by atoms with Crippen LogP contribution < -0.4 is 5.32 Å². The number of hydrogen-bond donors (Lipinski definition) is 1. The highest BCUT2D eigenvalue weighted by molar-refractivity contribution is 9.11. The van der Waals surface area contributed by atoms with Crippen molar-refractivity contribution in [1.82, 2.24) is 14.9 Å². The smallest absolute Gasteiger partial charge is 0.252 e. The first-order valence-electron chi connectivity index (χ1n) is 5.23. The van der Waals surface area contributed by atoms with Crippen LogP contribution in [0.25, 0.3) is 0 Å². The minimum atomic E-state index is -0.0161. The van der Waals surface area contributed by atoms with Crippen molar-refractivity contribution in [2.75, 3.05) is 6.54 Å². The molecule has 2 rings (SSSR count). The number of halogens is 1. The van der Waals surface area contributed by atoms with E-state index in [0.29, 0.717) is 12.1 Å². The fraction of sp³-hybridized carbons (Fsp3) is 0.273. The van der Waals surface area contributed by atoms with Gasteiger partial charge in [-0.05, 0) is 28.4 Å². The summed E-state index contributed by atoms with van der Waals surface area (Å²) in [5.74, 6) is -0.0161. The van der Waals surface area contributed by atoms with E-state index in [2.05, 4.69) is 26.2 Å². The maximum absolute atomic E-state index is 11.7. The largest absolute Gasteiger partial charge is 0.352 e. The van der Waals surface area contributed by atoms with Gasteiger partial charge >= 0.3 is 0 Å². The number of aromatic nitrogens is 2. The molecule has 2 aromatic rings. The first-order chi connectivity index (χ1) is 8.25. The number of hydrogen-bond acceptors (Lipinski definition) is 3. The van der Waals surface area contributed by atoms with Crippen LogP contribution in [0, 0.1) is 0 Å². The zero-order valence-electron chi connectivity index (χ0n) is 9.10. The maximum Gasteiger partial charge on any atom is 0.252 e. The van der Waals surface area contributed by atoms with Gasteiger partial charge < -0.3 is 9.88 Å². The van der Waals surface area contributed by atoms with Gasteiger partial charge in [0, 0.05) is 30.9 Å². The fourth-order valence-corrected chi connectivity index (χ4v) is 2.55. The second-order valence-electron chi connectivity index (χ2n) is 3.55. The van der Waals surface area contributed by atoms with Gasteiger partial charge in [-0.1, -0.05) is 0 Å². The van der Waals surface area contributed by atoms with E-state index in [1.54, 1.807) is 12.5 Å². The molecule has 1 amide bonds. The molecule has 6 heteroatoms. The van der Waals surface area contributed by atoms with Gasteiger partial charge in [0.05, 0.1) is 15.7 Å². The van der Waals surface area contributed by atoms with Crippen molar-refractivity contribution in [3.8, 4) is 0 Å². The summed E-state index contributed by atoms with van der Waals surface area (Å²) in [5, 5.41) is 4.73. The van der Waals surface area contributed by atoms with Crippen molar-refractivity contribution in [1.29, 1.82) is 0 Å². The first-order valence-corrected chi connectivity index (χ1v) is 6.91. The number of rotatable bonds is 5. The van der Waals surface area contributed by atoms with Gasteiger partial charge in [-0.3, -0.25) is 4.79 Å². The average Bonchev–Trinajstić information content (AvgIpc) is 2.95. The van der Waals surface area contributed by atoms with Crippen LogP contribution >= 0.6 is 27.3 Å². The van der Waals surface area contributed by atoms with Crippen LogP contribution in [0.3, 0.4) is 0 Å². The molecule has 90 valence electrons. The molecule has 0 saturated heterocycles. The molecule has 0 atom stereocenters. The summed E-state index contributed by atoms with van der Waals surface area (Å²) in [6, 6.07) is 1.83. The van der Waals surface area contributed by atoms with E-state index in [4.69, 9.17) is 0 Å². The standard InChI is InChI=1S/C11H12BrN3OS/c12-10-6-9(7-17-10)11(16)14-2-1-4-15-5-3-13-8-15/h3,5-8H,1-2,4H2,(H,14,16). The van der Waals surface area contributed by atoms with Gasteiger partial charge in [0.1, 0.15) is 0 Å². The second-order valence-corrected chi connectivity index (χ2v) is 5.84. The quantitative estimate of drug-likeness (QED) is 0.862. The summed E-state index contributed by atoms with van der Waals surface area (Å²) < 4.78 is 2.97. The molecule has 0 saturated carbocycles. The van der Waals surface area contributed by atoms with Crippen LogP contribution in [0.4, 0.5) is 0 Å². The predicted octanol–water partition coefficient (Wildman–Crippen LogP) is 2.53. The summed E-state index contributed by atoms with van der Waals surface area (Å²) in [6.45, 7) is 1.54. The summed E-state index contributed by atoms with van der Waals surface area (Å²) >= 11 is 4.85. The Bertz CT molecular complexity index is 481. The third-order valence-corrected chi connectivity index (χ3v) is 3.77. The van der Waals surface area contributed by atoms with Crippen LogP contribution in [0.15, 0.2) is 34.0 Å². The van der Waals surface area contributed by atoms with Crippen molar-refractivity contribution >= 4 is 33.2 Å². The molecule has 0 bridgehead atoms. The molecule has 1 N–H and O–H groups in total. The summed E-state index contributed by atoms with van der Waals surface area (Å²) in [4.78, 5) is 15.6. The van der Waals surface area contributed by atoms with Crippen molar-refractivity contribution in [2.24, 2.45) is 0 Å². The van der Waals surface area contributed by atoms with E-state index in [1.165, 1.54) is 11.3 Å². The highest BCUT2D eigenvalue weighted by Crippen LogP contribution is 2.20. The summed E-state index contributed by atoms with van der Waals surface area (Å²) in [5.41, 5.74) is 0.713. The second kappa shape index (κ2) is 5.97. The van der Waals surface area contributed by atoms with Crippen LogP contribution in [0.2, 0.25) is 0 Å². The van der Waals surface area contributed by atoms with Crippen LogP contribution in [-0.2, 0) is 6.54 Å². The highest BCUT2D eigenvalue weighted by Gasteiger charge is 2.06. The molecule has 2 aromatic heterocycles. The topological polar surface area (TPSA) is 46.9 Å². The lowest BCUT2D eigenvalue weighted by Gasteiger charge is -2.04. The average molecular weight is 314 g/mol. The molecule has 2 heterocycles. The lowest BCUT2D eigenvalue weighted by atomic mass is 10.3. The zero-order chi connectivity index (χ0) is 12.1. The van der Waals surface area contributed by atoms with Crippen molar-refractivity contribution in [2.45, 2.75) is 13.0 Å². The Hall–Kier alpha value is -1.14. The van der Waals surface area contributed by atoms with E-state index in [1.807, 2.05) is 22.2 Å².